The average molecular weight is 332 g/mol. The van der Waals surface area contributed by atoms with E-state index in [4.69, 9.17) is 0 Å². The minimum absolute atomic E-state index is 0.559. The Morgan fingerprint density at radius 2 is 2.00 bits per heavy atom. The van der Waals surface area contributed by atoms with Gasteiger partial charge in [-0.25, -0.2) is 0 Å². The number of benzene rings is 1. The number of hydrogen-bond donors (Lipinski definition) is 0. The Kier molecular flexibility index (Phi) is 5.85. The summed E-state index contributed by atoms with van der Waals surface area (Å²) in [6.07, 6.45) is 11.4. The third kappa shape index (κ3) is 4.21. The van der Waals surface area contributed by atoms with Crippen LogP contribution in [0, 0.1) is 5.92 Å². The van der Waals surface area contributed by atoms with Crippen LogP contribution in [0.2, 0.25) is 5.32 Å². The van der Waals surface area contributed by atoms with E-state index in [2.05, 4.69) is 86.6 Å². The van der Waals surface area contributed by atoms with Gasteiger partial charge in [0.25, 0.3) is 0 Å². The molecule has 0 radical (unpaired) electrons. The van der Waals surface area contributed by atoms with Crippen LogP contribution in [0.3, 0.4) is 0 Å². The molecule has 0 spiro atoms. The molecular weight excluding hydrogens is 309 g/mol. The molecule has 0 amide bonds. The molecule has 0 saturated carbocycles. The van der Waals surface area contributed by atoms with Gasteiger partial charge in [-0.05, 0) is 0 Å². The van der Waals surface area contributed by atoms with Crippen molar-refractivity contribution in [2.24, 2.45) is 5.92 Å². The SMILES string of the molecule is CC(C1C=CC=C1[Se]C/C=C/c1ccccc1)N(C)C. The van der Waals surface area contributed by atoms with E-state index in [9.17, 15) is 0 Å². The summed E-state index contributed by atoms with van der Waals surface area (Å²) in [7, 11) is 4.33. The van der Waals surface area contributed by atoms with E-state index in [0.29, 0.717) is 26.9 Å². The monoisotopic (exact) mass is 333 g/mol. The molecule has 0 aliphatic heterocycles. The van der Waals surface area contributed by atoms with E-state index >= 15 is 0 Å². The molecule has 2 unspecified atom stereocenters. The first-order chi connectivity index (χ1) is 9.68. The van der Waals surface area contributed by atoms with Crippen molar-refractivity contribution in [3.8, 4) is 0 Å². The summed E-state index contributed by atoms with van der Waals surface area (Å²) >= 11 is 0.559. The molecule has 2 heteroatoms. The second-order valence-electron chi connectivity index (χ2n) is 5.31. The predicted molar refractivity (Wildman–Crippen MR) is 89.9 cm³/mol. The molecule has 1 aliphatic carbocycles. The normalized spacial score (nSPS) is 19.8. The van der Waals surface area contributed by atoms with Gasteiger partial charge in [0.05, 0.1) is 0 Å². The van der Waals surface area contributed by atoms with Gasteiger partial charge in [0.1, 0.15) is 0 Å². The molecule has 0 heterocycles. The summed E-state index contributed by atoms with van der Waals surface area (Å²) in [6, 6.07) is 11.1. The van der Waals surface area contributed by atoms with Crippen molar-refractivity contribution in [3.05, 3.63) is 64.7 Å². The minimum atomic E-state index is 0.559. The van der Waals surface area contributed by atoms with Crippen LogP contribution >= 0.6 is 0 Å². The predicted octanol–water partition coefficient (Wildman–Crippen LogP) is 3.84. The fourth-order valence-corrected chi connectivity index (χ4v) is 4.39. The van der Waals surface area contributed by atoms with Crippen molar-refractivity contribution in [2.75, 3.05) is 14.1 Å². The fraction of sp³-hybridized carbons (Fsp3) is 0.333. The molecule has 0 fully saturated rings. The van der Waals surface area contributed by atoms with E-state index in [-0.39, 0.29) is 0 Å². The molecule has 106 valence electrons. The third-order valence-corrected chi connectivity index (χ3v) is 6.01. The second-order valence-corrected chi connectivity index (χ2v) is 7.60. The number of hydrogen-bond acceptors (Lipinski definition) is 1. The number of rotatable bonds is 6. The summed E-state index contributed by atoms with van der Waals surface area (Å²) in [4.78, 5) is 2.31. The molecule has 0 saturated heterocycles. The van der Waals surface area contributed by atoms with E-state index in [1.165, 1.54) is 10.9 Å². The van der Waals surface area contributed by atoms with Crippen LogP contribution in [0.5, 0.6) is 0 Å². The van der Waals surface area contributed by atoms with Crippen molar-refractivity contribution in [1.82, 2.24) is 4.90 Å². The van der Waals surface area contributed by atoms with E-state index in [0.717, 1.165) is 0 Å². The van der Waals surface area contributed by atoms with Gasteiger partial charge in [0.2, 0.25) is 0 Å². The quantitative estimate of drug-likeness (QED) is 0.716. The van der Waals surface area contributed by atoms with Crippen molar-refractivity contribution < 1.29 is 0 Å². The number of nitrogens with zero attached hydrogens (tertiary/aromatic N) is 1. The van der Waals surface area contributed by atoms with Crippen molar-refractivity contribution in [1.29, 1.82) is 0 Å². The molecule has 1 aromatic rings. The van der Waals surface area contributed by atoms with Crippen molar-refractivity contribution in [2.45, 2.75) is 18.3 Å². The van der Waals surface area contributed by atoms with Gasteiger partial charge in [0.15, 0.2) is 0 Å². The van der Waals surface area contributed by atoms with Crippen LogP contribution in [-0.2, 0) is 0 Å². The van der Waals surface area contributed by atoms with Crippen LogP contribution in [0.25, 0.3) is 6.08 Å². The van der Waals surface area contributed by atoms with Gasteiger partial charge in [-0.3, -0.25) is 0 Å². The molecular formula is C18H23NSe. The third-order valence-electron chi connectivity index (χ3n) is 3.70. The first kappa shape index (κ1) is 15.3. The topological polar surface area (TPSA) is 3.24 Å². The summed E-state index contributed by atoms with van der Waals surface area (Å²) in [5.74, 6) is 0.607. The van der Waals surface area contributed by atoms with E-state index < -0.39 is 0 Å². The molecule has 0 bridgehead atoms. The van der Waals surface area contributed by atoms with E-state index in [1.54, 1.807) is 4.47 Å². The van der Waals surface area contributed by atoms with Gasteiger partial charge in [-0.1, -0.05) is 0 Å². The van der Waals surface area contributed by atoms with Gasteiger partial charge in [0, 0.05) is 0 Å². The van der Waals surface area contributed by atoms with Gasteiger partial charge in [-0.15, -0.1) is 0 Å². The fourth-order valence-electron chi connectivity index (χ4n) is 2.23. The van der Waals surface area contributed by atoms with Crippen LogP contribution in [-0.4, -0.2) is 40.0 Å². The second kappa shape index (κ2) is 7.64. The standard InChI is InChI=1S/C18H23NSe/c1-15(19(2)3)17-12-7-13-18(17)20-14-8-11-16-9-5-4-6-10-16/h4-13,15,17H,14H2,1-3H3/b11-8+. The molecule has 1 nitrogen and oxygen atoms in total. The Morgan fingerprint density at radius 3 is 2.70 bits per heavy atom. The average Bonchev–Trinajstić information content (AvgIpc) is 2.92. The number of allylic oxidation sites excluding steroid dienone is 3. The maximum atomic E-state index is 2.35. The Bertz CT molecular complexity index is 499. The molecule has 0 aromatic heterocycles. The summed E-state index contributed by atoms with van der Waals surface area (Å²) in [6.45, 7) is 2.31. The van der Waals surface area contributed by atoms with E-state index in [1.807, 2.05) is 0 Å². The maximum absolute atomic E-state index is 2.35. The van der Waals surface area contributed by atoms with Crippen molar-refractivity contribution >= 4 is 21.0 Å². The molecule has 2 rings (SSSR count). The van der Waals surface area contributed by atoms with Crippen LogP contribution in [0.1, 0.15) is 12.5 Å². The summed E-state index contributed by atoms with van der Waals surface area (Å²) < 4.78 is 1.62. The molecule has 2 atom stereocenters. The van der Waals surface area contributed by atoms with Gasteiger partial charge < -0.3 is 0 Å². The first-order valence-electron chi connectivity index (χ1n) is 7.07. The molecule has 0 N–H and O–H groups in total. The Morgan fingerprint density at radius 1 is 1.25 bits per heavy atom. The zero-order chi connectivity index (χ0) is 14.4. The Labute approximate surface area is 129 Å². The zero-order valence-electron chi connectivity index (χ0n) is 12.5. The van der Waals surface area contributed by atoms with Crippen LogP contribution in [0.15, 0.2) is 59.1 Å². The van der Waals surface area contributed by atoms with Gasteiger partial charge in [-0.2, -0.15) is 0 Å². The summed E-state index contributed by atoms with van der Waals surface area (Å²) in [5, 5.41) is 1.17. The Balaban J connectivity index is 1.84. The van der Waals surface area contributed by atoms with Crippen molar-refractivity contribution in [3.63, 3.8) is 0 Å². The summed E-state index contributed by atoms with van der Waals surface area (Å²) in [5.41, 5.74) is 1.29. The zero-order valence-corrected chi connectivity index (χ0v) is 14.2. The van der Waals surface area contributed by atoms with Gasteiger partial charge >= 0.3 is 129 Å². The molecule has 20 heavy (non-hydrogen) atoms. The molecule has 1 aromatic carbocycles. The van der Waals surface area contributed by atoms with Crippen LogP contribution < -0.4 is 0 Å². The first-order valence-corrected chi connectivity index (χ1v) is 9.14. The Hall–Kier alpha value is -1.08. The molecule has 1 aliphatic rings. The van der Waals surface area contributed by atoms with Crippen LogP contribution in [0.4, 0.5) is 0 Å².